The van der Waals surface area contributed by atoms with E-state index in [2.05, 4.69) is 10.4 Å². The van der Waals surface area contributed by atoms with Gasteiger partial charge in [-0.15, -0.1) is 0 Å². The minimum atomic E-state index is -0.140. The lowest BCUT2D eigenvalue weighted by atomic mass is 9.81. The number of nitrogens with zero attached hydrogens (tertiary/aromatic N) is 2. The van der Waals surface area contributed by atoms with E-state index in [-0.39, 0.29) is 17.8 Å². The second-order valence-corrected chi connectivity index (χ2v) is 8.49. The maximum Gasteiger partial charge on any atom is 0.306 e. The first-order valence-corrected chi connectivity index (χ1v) is 11.7. The molecule has 1 heterocycles. The molecule has 1 aliphatic carbocycles. The summed E-state index contributed by atoms with van der Waals surface area (Å²) in [5.74, 6) is -0.0140. The summed E-state index contributed by atoms with van der Waals surface area (Å²) in [4.78, 5) is 24.7. The highest BCUT2D eigenvalue weighted by atomic mass is 16.5. The van der Waals surface area contributed by atoms with Crippen LogP contribution in [0.1, 0.15) is 46.8 Å². The smallest absolute Gasteiger partial charge is 0.306 e. The Morgan fingerprint density at radius 1 is 1.15 bits per heavy atom. The zero-order chi connectivity index (χ0) is 23.0. The van der Waals surface area contributed by atoms with E-state index in [0.717, 1.165) is 49.2 Å². The van der Waals surface area contributed by atoms with Crippen LogP contribution in [-0.2, 0) is 27.1 Å². The van der Waals surface area contributed by atoms with Gasteiger partial charge in [-0.3, -0.25) is 14.6 Å². The van der Waals surface area contributed by atoms with Crippen molar-refractivity contribution < 1.29 is 19.1 Å². The number of esters is 1. The molecule has 1 aliphatic heterocycles. The molecule has 1 amide bonds. The van der Waals surface area contributed by atoms with Crippen LogP contribution in [0.25, 0.3) is 0 Å². The highest BCUT2D eigenvalue weighted by Crippen LogP contribution is 2.29. The van der Waals surface area contributed by atoms with Crippen LogP contribution in [0.5, 0.6) is 0 Å². The Morgan fingerprint density at radius 3 is 2.70 bits per heavy atom. The number of anilines is 1. The van der Waals surface area contributed by atoms with Crippen molar-refractivity contribution in [2.45, 2.75) is 32.6 Å². The van der Waals surface area contributed by atoms with E-state index in [4.69, 9.17) is 9.47 Å². The van der Waals surface area contributed by atoms with E-state index in [9.17, 15) is 9.59 Å². The van der Waals surface area contributed by atoms with Gasteiger partial charge in [-0.1, -0.05) is 18.2 Å². The monoisotopic (exact) mass is 449 g/mol. The quantitative estimate of drug-likeness (QED) is 0.515. The van der Waals surface area contributed by atoms with Gasteiger partial charge in [-0.2, -0.15) is 5.10 Å². The maximum atomic E-state index is 12.8. The van der Waals surface area contributed by atoms with Crippen molar-refractivity contribution in [2.24, 2.45) is 11.0 Å². The Kier molecular flexibility index (Phi) is 7.73. The molecule has 1 N–H and O–H groups in total. The lowest BCUT2D eigenvalue weighted by Crippen LogP contribution is -2.32. The molecule has 1 unspecified atom stereocenters. The van der Waals surface area contributed by atoms with Gasteiger partial charge in [0, 0.05) is 17.7 Å². The molecule has 2 aromatic rings. The second-order valence-electron chi connectivity index (χ2n) is 8.49. The number of carbonyl (C=O) groups is 2. The van der Waals surface area contributed by atoms with Crippen LogP contribution in [0.4, 0.5) is 5.69 Å². The Hall–Kier alpha value is -3.19. The summed E-state index contributed by atoms with van der Waals surface area (Å²) in [6.45, 7) is 5.25. The van der Waals surface area contributed by atoms with Crippen LogP contribution >= 0.6 is 0 Å². The number of benzene rings is 2. The molecule has 0 saturated carbocycles. The normalized spacial score (nSPS) is 18.1. The zero-order valence-corrected chi connectivity index (χ0v) is 19.1. The van der Waals surface area contributed by atoms with Crippen LogP contribution in [0.2, 0.25) is 0 Å². The van der Waals surface area contributed by atoms with E-state index in [1.807, 2.05) is 60.6 Å². The Labute approximate surface area is 194 Å². The summed E-state index contributed by atoms with van der Waals surface area (Å²) >= 11 is 0. The molecule has 174 valence electrons. The van der Waals surface area contributed by atoms with Gasteiger partial charge in [0.2, 0.25) is 0 Å². The second kappa shape index (κ2) is 11.1. The van der Waals surface area contributed by atoms with Crippen LogP contribution in [0.3, 0.4) is 0 Å². The maximum absolute atomic E-state index is 12.8. The molecule has 1 atom stereocenters. The Balaban J connectivity index is 1.35. The van der Waals surface area contributed by atoms with Crippen molar-refractivity contribution >= 4 is 23.8 Å². The average molecular weight is 450 g/mol. The van der Waals surface area contributed by atoms with Crippen LogP contribution in [0.15, 0.2) is 47.6 Å². The van der Waals surface area contributed by atoms with Gasteiger partial charge in [0.15, 0.2) is 0 Å². The molecule has 2 aliphatic rings. The standard InChI is InChI=1S/C26H31N3O4/c1-2-33-25(30)16-20-3-6-21-7-8-22(17-23(21)15-20)26(31)28-24-9-4-19(5-10-24)18-27-29-11-13-32-14-12-29/h4-5,7-10,17-18,20H,2-3,6,11-16H2,1H3,(H,28,31). The number of rotatable bonds is 7. The molecular formula is C26H31N3O4. The van der Waals surface area contributed by atoms with E-state index >= 15 is 0 Å². The zero-order valence-electron chi connectivity index (χ0n) is 19.1. The van der Waals surface area contributed by atoms with Gasteiger partial charge < -0.3 is 14.8 Å². The molecular weight excluding hydrogens is 418 g/mol. The third-order valence-electron chi connectivity index (χ3n) is 6.09. The fourth-order valence-electron chi connectivity index (χ4n) is 4.28. The molecule has 0 radical (unpaired) electrons. The van der Waals surface area contributed by atoms with Crippen molar-refractivity contribution in [3.05, 3.63) is 64.7 Å². The van der Waals surface area contributed by atoms with Gasteiger partial charge in [0.1, 0.15) is 0 Å². The van der Waals surface area contributed by atoms with Crippen LogP contribution in [-0.4, -0.2) is 56.0 Å². The summed E-state index contributed by atoms with van der Waals surface area (Å²) in [5, 5.41) is 9.44. The molecule has 0 bridgehead atoms. The summed E-state index contributed by atoms with van der Waals surface area (Å²) in [6, 6.07) is 13.5. The first kappa shape index (κ1) is 23.0. The predicted molar refractivity (Wildman–Crippen MR) is 128 cm³/mol. The predicted octanol–water partition coefficient (Wildman–Crippen LogP) is 3.66. The third kappa shape index (κ3) is 6.42. The molecule has 4 rings (SSSR count). The van der Waals surface area contributed by atoms with Crippen molar-refractivity contribution in [2.75, 3.05) is 38.2 Å². The highest BCUT2D eigenvalue weighted by Gasteiger charge is 2.22. The van der Waals surface area contributed by atoms with Crippen molar-refractivity contribution in [1.29, 1.82) is 0 Å². The van der Waals surface area contributed by atoms with E-state index in [1.54, 1.807) is 0 Å². The average Bonchev–Trinajstić information content (AvgIpc) is 2.84. The van der Waals surface area contributed by atoms with E-state index in [1.165, 1.54) is 5.56 Å². The van der Waals surface area contributed by atoms with Gasteiger partial charge in [0.05, 0.1) is 39.1 Å². The van der Waals surface area contributed by atoms with Crippen molar-refractivity contribution in [3.8, 4) is 0 Å². The molecule has 0 aromatic heterocycles. The molecule has 0 spiro atoms. The minimum Gasteiger partial charge on any atom is -0.466 e. The van der Waals surface area contributed by atoms with Gasteiger partial charge in [0.25, 0.3) is 5.91 Å². The molecule has 1 saturated heterocycles. The summed E-state index contributed by atoms with van der Waals surface area (Å²) < 4.78 is 10.4. The van der Waals surface area contributed by atoms with Crippen molar-refractivity contribution in [1.82, 2.24) is 5.01 Å². The summed E-state index contributed by atoms with van der Waals surface area (Å²) in [5.41, 5.74) is 4.75. The lowest BCUT2D eigenvalue weighted by molar-refractivity contribution is -0.144. The van der Waals surface area contributed by atoms with Crippen LogP contribution < -0.4 is 5.32 Å². The molecule has 1 fully saturated rings. The summed E-state index contributed by atoms with van der Waals surface area (Å²) in [7, 11) is 0. The number of fused-ring (bicyclic) bond motifs is 1. The minimum absolute atomic E-state index is 0.139. The number of nitrogens with one attached hydrogen (secondary N) is 1. The number of hydrazone groups is 1. The number of amides is 1. The molecule has 7 heteroatoms. The number of morpholine rings is 1. The fourth-order valence-corrected chi connectivity index (χ4v) is 4.28. The number of hydrogen-bond donors (Lipinski definition) is 1. The number of ether oxygens (including phenoxy) is 2. The molecule has 7 nitrogen and oxygen atoms in total. The summed E-state index contributed by atoms with van der Waals surface area (Å²) in [6.07, 6.45) is 4.96. The fraction of sp³-hybridized carbons (Fsp3) is 0.423. The van der Waals surface area contributed by atoms with E-state index in [0.29, 0.717) is 31.8 Å². The van der Waals surface area contributed by atoms with Crippen LogP contribution in [0, 0.1) is 5.92 Å². The SMILES string of the molecule is CCOC(=O)CC1CCc2ccc(C(=O)Nc3ccc(C=NN4CCOCC4)cc3)cc2C1. The van der Waals surface area contributed by atoms with Gasteiger partial charge >= 0.3 is 5.97 Å². The van der Waals surface area contributed by atoms with Gasteiger partial charge in [-0.25, -0.2) is 0 Å². The lowest BCUT2D eigenvalue weighted by Gasteiger charge is -2.24. The highest BCUT2D eigenvalue weighted by molar-refractivity contribution is 6.04. The number of hydrogen-bond acceptors (Lipinski definition) is 6. The van der Waals surface area contributed by atoms with Crippen molar-refractivity contribution in [3.63, 3.8) is 0 Å². The third-order valence-corrected chi connectivity index (χ3v) is 6.09. The first-order chi connectivity index (χ1) is 16.1. The van der Waals surface area contributed by atoms with Gasteiger partial charge in [-0.05, 0) is 73.1 Å². The first-order valence-electron chi connectivity index (χ1n) is 11.7. The molecule has 33 heavy (non-hydrogen) atoms. The van der Waals surface area contributed by atoms with E-state index < -0.39 is 0 Å². The Bertz CT molecular complexity index is 997. The number of aryl methyl sites for hydroxylation is 1. The topological polar surface area (TPSA) is 80.2 Å². The largest absolute Gasteiger partial charge is 0.466 e. The Morgan fingerprint density at radius 2 is 1.94 bits per heavy atom. The molecule has 2 aromatic carbocycles. The number of carbonyl (C=O) groups excluding carboxylic acids is 2.